The third-order valence-corrected chi connectivity index (χ3v) is 6.66. The van der Waals surface area contributed by atoms with Crippen molar-refractivity contribution in [2.24, 2.45) is 0 Å². The third-order valence-electron chi connectivity index (χ3n) is 5.25. The van der Waals surface area contributed by atoms with Crippen LogP contribution in [0.25, 0.3) is 0 Å². The summed E-state index contributed by atoms with van der Waals surface area (Å²) >= 11 is 0. The molecule has 2 aliphatic heterocycles. The molecule has 152 valence electrons. The molecule has 0 spiro atoms. The van der Waals surface area contributed by atoms with Gasteiger partial charge in [0, 0.05) is 25.0 Å². The van der Waals surface area contributed by atoms with Crippen molar-refractivity contribution in [3.8, 4) is 0 Å². The minimum absolute atomic E-state index is 0. The molecule has 3 heterocycles. The van der Waals surface area contributed by atoms with Gasteiger partial charge in [-0.3, -0.25) is 9.48 Å². The first kappa shape index (κ1) is 20.8. The number of anilines is 1. The summed E-state index contributed by atoms with van der Waals surface area (Å²) < 4.78 is 28.3. The molecule has 1 fully saturated rings. The Labute approximate surface area is 170 Å². The van der Waals surface area contributed by atoms with Crippen LogP contribution in [0.1, 0.15) is 34.9 Å². The number of hydrogen-bond donors (Lipinski definition) is 2. The van der Waals surface area contributed by atoms with E-state index in [0.29, 0.717) is 24.3 Å². The number of piperidine rings is 1. The lowest BCUT2D eigenvalue weighted by Gasteiger charge is -2.23. The van der Waals surface area contributed by atoms with Crippen molar-refractivity contribution in [2.45, 2.75) is 30.2 Å². The lowest BCUT2D eigenvalue weighted by molar-refractivity contribution is 0.0983. The first-order valence-corrected chi connectivity index (χ1v) is 10.6. The number of rotatable bonds is 4. The Hall–Kier alpha value is -1.94. The van der Waals surface area contributed by atoms with E-state index in [2.05, 4.69) is 15.1 Å². The minimum Gasteiger partial charge on any atom is -0.315 e. The van der Waals surface area contributed by atoms with Gasteiger partial charge in [-0.15, -0.1) is 12.4 Å². The van der Waals surface area contributed by atoms with E-state index in [1.54, 1.807) is 29.2 Å². The van der Waals surface area contributed by atoms with Crippen molar-refractivity contribution < 1.29 is 13.2 Å². The van der Waals surface area contributed by atoms with Gasteiger partial charge in [0.15, 0.2) is 5.69 Å². The highest BCUT2D eigenvalue weighted by Crippen LogP contribution is 2.31. The number of amides is 1. The summed E-state index contributed by atoms with van der Waals surface area (Å²) in [5.74, 6) is -0.199. The molecule has 2 N–H and O–H groups in total. The van der Waals surface area contributed by atoms with Gasteiger partial charge in [-0.25, -0.2) is 13.1 Å². The monoisotopic (exact) mass is 425 g/mol. The molecule has 1 aromatic heterocycles. The van der Waals surface area contributed by atoms with Gasteiger partial charge < -0.3 is 10.2 Å². The molecule has 10 heteroatoms. The molecular formula is C18H24ClN5O3S. The van der Waals surface area contributed by atoms with E-state index in [1.807, 2.05) is 10.9 Å². The molecule has 0 saturated carbocycles. The van der Waals surface area contributed by atoms with Gasteiger partial charge in [-0.1, -0.05) is 6.07 Å². The van der Waals surface area contributed by atoms with Crippen LogP contribution in [-0.2, 0) is 16.4 Å². The molecule has 0 bridgehead atoms. The maximum atomic E-state index is 13.0. The fraction of sp³-hybridized carbons (Fsp3) is 0.444. The molecule has 1 unspecified atom stereocenters. The van der Waals surface area contributed by atoms with Gasteiger partial charge in [0.2, 0.25) is 10.0 Å². The summed E-state index contributed by atoms with van der Waals surface area (Å²) in [5, 5.41) is 7.84. The van der Waals surface area contributed by atoms with Crippen LogP contribution in [-0.4, -0.2) is 50.8 Å². The van der Waals surface area contributed by atoms with Crippen molar-refractivity contribution in [2.75, 3.05) is 31.6 Å². The van der Waals surface area contributed by atoms with Crippen LogP contribution in [0.4, 0.5) is 5.69 Å². The Balaban J connectivity index is 0.00000225. The molecule has 1 saturated heterocycles. The molecule has 4 rings (SSSR count). The number of hydrogen-bond acceptors (Lipinski definition) is 5. The Morgan fingerprint density at radius 1 is 1.32 bits per heavy atom. The van der Waals surface area contributed by atoms with Crippen LogP contribution < -0.4 is 14.9 Å². The van der Waals surface area contributed by atoms with E-state index >= 15 is 0 Å². The number of nitrogens with zero attached hydrogens (tertiary/aromatic N) is 3. The fourth-order valence-electron chi connectivity index (χ4n) is 3.71. The second-order valence-corrected chi connectivity index (χ2v) is 8.77. The van der Waals surface area contributed by atoms with E-state index in [1.165, 1.54) is 7.05 Å². The SMILES string of the molecule is CNS(=O)(=O)c1ccc2c(c1)N(C(=O)c1ccn(C3CCCNC3)n1)CC2.Cl. The molecule has 1 aromatic carbocycles. The summed E-state index contributed by atoms with van der Waals surface area (Å²) in [4.78, 5) is 14.8. The van der Waals surface area contributed by atoms with Crippen molar-refractivity contribution in [3.05, 3.63) is 41.7 Å². The average molecular weight is 426 g/mol. The quantitative estimate of drug-likeness (QED) is 0.770. The summed E-state index contributed by atoms with van der Waals surface area (Å²) in [6, 6.07) is 6.92. The van der Waals surface area contributed by atoms with Crippen LogP contribution in [0, 0.1) is 0 Å². The van der Waals surface area contributed by atoms with Crippen LogP contribution in [0.5, 0.6) is 0 Å². The number of benzene rings is 1. The number of carbonyl (C=O) groups is 1. The van der Waals surface area contributed by atoms with Gasteiger partial charge in [0.05, 0.1) is 10.9 Å². The van der Waals surface area contributed by atoms with E-state index in [0.717, 1.165) is 31.5 Å². The lowest BCUT2D eigenvalue weighted by atomic mass is 10.1. The number of carbonyl (C=O) groups excluding carboxylic acids is 1. The smallest absolute Gasteiger partial charge is 0.278 e. The Bertz CT molecular complexity index is 969. The topological polar surface area (TPSA) is 96.3 Å². The highest BCUT2D eigenvalue weighted by molar-refractivity contribution is 7.89. The molecule has 8 nitrogen and oxygen atoms in total. The second kappa shape index (κ2) is 8.20. The zero-order valence-corrected chi connectivity index (χ0v) is 17.2. The Morgan fingerprint density at radius 3 is 2.86 bits per heavy atom. The Kier molecular flexibility index (Phi) is 6.09. The molecule has 1 atom stereocenters. The van der Waals surface area contributed by atoms with Gasteiger partial charge in [0.1, 0.15) is 0 Å². The normalized spacial score (nSPS) is 19.2. The number of halogens is 1. The summed E-state index contributed by atoms with van der Waals surface area (Å²) in [5.41, 5.74) is 2.00. The van der Waals surface area contributed by atoms with Gasteiger partial charge in [0.25, 0.3) is 5.91 Å². The van der Waals surface area contributed by atoms with Gasteiger partial charge in [-0.2, -0.15) is 5.10 Å². The predicted octanol–water partition coefficient (Wildman–Crippen LogP) is 1.34. The van der Waals surface area contributed by atoms with Crippen molar-refractivity contribution >= 4 is 34.0 Å². The van der Waals surface area contributed by atoms with Crippen LogP contribution in [0.3, 0.4) is 0 Å². The molecule has 2 aliphatic rings. The van der Waals surface area contributed by atoms with Gasteiger partial charge >= 0.3 is 0 Å². The fourth-order valence-corrected chi connectivity index (χ4v) is 4.46. The first-order valence-electron chi connectivity index (χ1n) is 9.14. The Morgan fingerprint density at radius 2 is 2.14 bits per heavy atom. The van der Waals surface area contributed by atoms with E-state index < -0.39 is 10.0 Å². The van der Waals surface area contributed by atoms with Crippen LogP contribution >= 0.6 is 12.4 Å². The van der Waals surface area contributed by atoms with Crippen molar-refractivity contribution in [1.29, 1.82) is 0 Å². The number of sulfonamides is 1. The highest BCUT2D eigenvalue weighted by Gasteiger charge is 2.29. The highest BCUT2D eigenvalue weighted by atomic mass is 35.5. The van der Waals surface area contributed by atoms with Crippen molar-refractivity contribution in [1.82, 2.24) is 19.8 Å². The summed E-state index contributed by atoms with van der Waals surface area (Å²) in [6.07, 6.45) is 4.69. The minimum atomic E-state index is -3.56. The molecular weight excluding hydrogens is 402 g/mol. The lowest BCUT2D eigenvalue weighted by Crippen LogP contribution is -2.33. The van der Waals surface area contributed by atoms with Gasteiger partial charge in [-0.05, 0) is 56.6 Å². The van der Waals surface area contributed by atoms with E-state index in [4.69, 9.17) is 0 Å². The van der Waals surface area contributed by atoms with Crippen LogP contribution in [0.2, 0.25) is 0 Å². The molecule has 2 aromatic rings. The first-order chi connectivity index (χ1) is 13.0. The molecule has 1 amide bonds. The zero-order valence-electron chi connectivity index (χ0n) is 15.6. The zero-order chi connectivity index (χ0) is 19.0. The third kappa shape index (κ3) is 3.80. The molecule has 0 aliphatic carbocycles. The van der Waals surface area contributed by atoms with E-state index in [-0.39, 0.29) is 29.3 Å². The maximum Gasteiger partial charge on any atom is 0.278 e. The average Bonchev–Trinajstić information content (AvgIpc) is 3.35. The van der Waals surface area contributed by atoms with Crippen molar-refractivity contribution in [3.63, 3.8) is 0 Å². The number of nitrogens with one attached hydrogen (secondary N) is 2. The summed E-state index contributed by atoms with van der Waals surface area (Å²) in [7, 11) is -2.19. The summed E-state index contributed by atoms with van der Waals surface area (Å²) in [6.45, 7) is 2.40. The van der Waals surface area contributed by atoms with E-state index in [9.17, 15) is 13.2 Å². The molecule has 28 heavy (non-hydrogen) atoms. The number of aromatic nitrogens is 2. The largest absolute Gasteiger partial charge is 0.315 e. The predicted molar refractivity (Wildman–Crippen MR) is 109 cm³/mol. The molecule has 0 radical (unpaired) electrons. The number of fused-ring (bicyclic) bond motifs is 1. The standard InChI is InChI=1S/C18H23N5O3S.ClH/c1-19-27(25,26)15-5-4-13-6-9-22(17(13)11-15)18(24)16-7-10-23(21-16)14-3-2-8-20-12-14;/h4-5,7,10-11,14,19-20H,2-3,6,8-9,12H2,1H3;1H. The maximum absolute atomic E-state index is 13.0. The second-order valence-electron chi connectivity index (χ2n) is 6.89. The van der Waals surface area contributed by atoms with Crippen LogP contribution in [0.15, 0.2) is 35.4 Å².